The van der Waals surface area contributed by atoms with Gasteiger partial charge in [-0.15, -0.1) is 0 Å². The number of carbonyl (C=O) groups is 3. The Morgan fingerprint density at radius 1 is 1.09 bits per heavy atom. The van der Waals surface area contributed by atoms with Crippen molar-refractivity contribution in [2.45, 2.75) is 31.1 Å². The largest absolute Gasteiger partial charge is 0.351 e. The van der Waals surface area contributed by atoms with Crippen molar-refractivity contribution in [2.24, 2.45) is 4.99 Å². The number of thioether (sulfide) groups is 1. The molecule has 3 amide bonds. The fourth-order valence-corrected chi connectivity index (χ4v) is 4.67. The van der Waals surface area contributed by atoms with E-state index in [9.17, 15) is 18.8 Å². The zero-order chi connectivity index (χ0) is 22.5. The molecule has 9 heteroatoms. The lowest BCUT2D eigenvalue weighted by Crippen LogP contribution is -2.25. The average molecular weight is 455 g/mol. The Balaban J connectivity index is 1.26. The van der Waals surface area contributed by atoms with Crippen LogP contribution in [0.3, 0.4) is 0 Å². The summed E-state index contributed by atoms with van der Waals surface area (Å²) in [6, 6.07) is 12.6. The van der Waals surface area contributed by atoms with Gasteiger partial charge in [-0.1, -0.05) is 30.0 Å². The van der Waals surface area contributed by atoms with Crippen LogP contribution in [0.25, 0.3) is 0 Å². The van der Waals surface area contributed by atoms with Gasteiger partial charge in [0.05, 0.1) is 0 Å². The van der Waals surface area contributed by atoms with Crippen LogP contribution < -0.4 is 10.6 Å². The molecule has 1 atom stereocenters. The van der Waals surface area contributed by atoms with Gasteiger partial charge in [0.15, 0.2) is 5.17 Å². The van der Waals surface area contributed by atoms with Crippen LogP contribution in [0.5, 0.6) is 0 Å². The molecule has 0 unspecified atom stereocenters. The first-order valence-electron chi connectivity index (χ1n) is 10.5. The molecule has 32 heavy (non-hydrogen) atoms. The van der Waals surface area contributed by atoms with Crippen molar-refractivity contribution in [3.63, 3.8) is 0 Å². The molecule has 2 aromatic carbocycles. The molecule has 0 radical (unpaired) electrons. The highest BCUT2D eigenvalue weighted by Gasteiger charge is 2.33. The summed E-state index contributed by atoms with van der Waals surface area (Å²) in [6.07, 6.45) is 2.22. The maximum absolute atomic E-state index is 13.7. The number of aliphatic imine (C=N–C) groups is 1. The van der Waals surface area contributed by atoms with E-state index in [-0.39, 0.29) is 36.5 Å². The van der Waals surface area contributed by atoms with Crippen molar-refractivity contribution in [1.82, 2.24) is 10.2 Å². The molecular weight excluding hydrogens is 431 g/mol. The number of nitrogens with one attached hydrogen (secondary N) is 2. The van der Waals surface area contributed by atoms with Gasteiger partial charge in [-0.25, -0.2) is 4.39 Å². The predicted octanol–water partition coefficient (Wildman–Crippen LogP) is 3.18. The van der Waals surface area contributed by atoms with E-state index < -0.39 is 5.25 Å². The van der Waals surface area contributed by atoms with Crippen LogP contribution in [0.4, 0.5) is 10.1 Å². The summed E-state index contributed by atoms with van der Waals surface area (Å²) in [5.41, 5.74) is 1.32. The van der Waals surface area contributed by atoms with Gasteiger partial charge in [-0.3, -0.25) is 14.4 Å². The third-order valence-electron chi connectivity index (χ3n) is 5.30. The summed E-state index contributed by atoms with van der Waals surface area (Å²) >= 11 is 1.35. The maximum atomic E-state index is 13.7. The smallest absolute Gasteiger partial charge is 0.262 e. The quantitative estimate of drug-likeness (QED) is 0.700. The maximum Gasteiger partial charge on any atom is 0.262 e. The second-order valence-electron chi connectivity index (χ2n) is 7.64. The van der Waals surface area contributed by atoms with E-state index in [1.807, 2.05) is 0 Å². The van der Waals surface area contributed by atoms with Crippen LogP contribution in [0.2, 0.25) is 0 Å². The third-order valence-corrected chi connectivity index (χ3v) is 6.52. The number of hydrogen-bond acceptors (Lipinski definition) is 5. The summed E-state index contributed by atoms with van der Waals surface area (Å²) in [5.74, 6) is -1.27. The summed E-state index contributed by atoms with van der Waals surface area (Å²) in [4.78, 5) is 43.0. The first-order chi connectivity index (χ1) is 15.5. The van der Waals surface area contributed by atoms with Crippen LogP contribution in [-0.2, 0) is 16.1 Å². The van der Waals surface area contributed by atoms with E-state index in [1.54, 1.807) is 42.5 Å². The second-order valence-corrected chi connectivity index (χ2v) is 8.81. The minimum Gasteiger partial charge on any atom is -0.351 e. The Labute approximate surface area is 189 Å². The number of anilines is 1. The lowest BCUT2D eigenvalue weighted by molar-refractivity contribution is -0.121. The molecule has 166 valence electrons. The molecule has 2 aliphatic rings. The van der Waals surface area contributed by atoms with Crippen molar-refractivity contribution in [1.29, 1.82) is 0 Å². The molecule has 7 nitrogen and oxygen atoms in total. The Morgan fingerprint density at radius 2 is 1.81 bits per heavy atom. The van der Waals surface area contributed by atoms with Crippen LogP contribution in [0.1, 0.15) is 35.2 Å². The van der Waals surface area contributed by atoms with E-state index in [4.69, 9.17) is 0 Å². The third kappa shape index (κ3) is 5.34. The van der Waals surface area contributed by atoms with Crippen molar-refractivity contribution in [2.75, 3.05) is 18.4 Å². The minimum absolute atomic E-state index is 0.0369. The Bertz CT molecular complexity index is 1050. The van der Waals surface area contributed by atoms with Crippen molar-refractivity contribution < 1.29 is 18.8 Å². The minimum atomic E-state index is -0.506. The zero-order valence-corrected chi connectivity index (χ0v) is 18.2. The van der Waals surface area contributed by atoms with Crippen molar-refractivity contribution in [3.05, 3.63) is 65.5 Å². The van der Waals surface area contributed by atoms with Gasteiger partial charge in [-0.2, -0.15) is 4.99 Å². The van der Waals surface area contributed by atoms with E-state index in [0.717, 1.165) is 31.1 Å². The van der Waals surface area contributed by atoms with E-state index in [2.05, 4.69) is 20.5 Å². The van der Waals surface area contributed by atoms with E-state index in [1.165, 1.54) is 17.8 Å². The van der Waals surface area contributed by atoms with Gasteiger partial charge in [0.25, 0.3) is 11.8 Å². The van der Waals surface area contributed by atoms with Gasteiger partial charge in [-0.05, 0) is 43.2 Å². The highest BCUT2D eigenvalue weighted by Crippen LogP contribution is 2.29. The number of likely N-dealkylation sites (tertiary alicyclic amines) is 1. The van der Waals surface area contributed by atoms with E-state index >= 15 is 0 Å². The lowest BCUT2D eigenvalue weighted by atomic mass is 10.1. The molecule has 0 saturated carbocycles. The average Bonchev–Trinajstić information content (AvgIpc) is 3.44. The zero-order valence-electron chi connectivity index (χ0n) is 17.3. The molecule has 0 bridgehead atoms. The molecule has 2 aliphatic heterocycles. The number of hydrogen-bond donors (Lipinski definition) is 2. The highest BCUT2D eigenvalue weighted by atomic mass is 32.2. The highest BCUT2D eigenvalue weighted by molar-refractivity contribution is 8.15. The molecule has 4 rings (SSSR count). The normalized spacial score (nSPS) is 17.9. The number of benzene rings is 2. The SMILES string of the molecule is O=C(C[C@H]1SC(N2CCCC2)=NC1=O)Nc1ccc(C(=O)NCc2ccccc2F)cc1. The fraction of sp³-hybridized carbons (Fsp3) is 0.304. The lowest BCUT2D eigenvalue weighted by Gasteiger charge is -2.16. The Kier molecular flexibility index (Phi) is 6.84. The first-order valence-corrected chi connectivity index (χ1v) is 11.3. The summed E-state index contributed by atoms with van der Waals surface area (Å²) < 4.78 is 13.7. The number of rotatable bonds is 6. The summed E-state index contributed by atoms with van der Waals surface area (Å²) in [7, 11) is 0. The molecule has 1 fully saturated rings. The molecular formula is C23H23FN4O3S. The first kappa shape index (κ1) is 22.0. The predicted molar refractivity (Wildman–Crippen MR) is 122 cm³/mol. The molecule has 2 aromatic rings. The van der Waals surface area contributed by atoms with Gasteiger partial charge in [0.1, 0.15) is 11.1 Å². The monoisotopic (exact) mass is 454 g/mol. The van der Waals surface area contributed by atoms with Gasteiger partial charge >= 0.3 is 0 Å². The molecule has 0 spiro atoms. The Hall–Kier alpha value is -3.20. The van der Waals surface area contributed by atoms with Crippen LogP contribution in [0.15, 0.2) is 53.5 Å². The number of nitrogens with zero attached hydrogens (tertiary/aromatic N) is 2. The summed E-state index contributed by atoms with van der Waals surface area (Å²) in [5, 5.41) is 5.64. The number of amides is 3. The molecule has 2 heterocycles. The van der Waals surface area contributed by atoms with Gasteiger partial charge in [0.2, 0.25) is 5.91 Å². The molecule has 0 aliphatic carbocycles. The molecule has 0 aromatic heterocycles. The number of carbonyl (C=O) groups excluding carboxylic acids is 3. The van der Waals surface area contributed by atoms with Crippen molar-refractivity contribution in [3.8, 4) is 0 Å². The van der Waals surface area contributed by atoms with Crippen molar-refractivity contribution >= 4 is 40.3 Å². The topological polar surface area (TPSA) is 90.9 Å². The van der Waals surface area contributed by atoms with Crippen LogP contribution in [0, 0.1) is 5.82 Å². The van der Waals surface area contributed by atoms with Crippen LogP contribution in [-0.4, -0.2) is 46.1 Å². The standard InChI is InChI=1S/C23H23FN4O3S/c24-18-6-2-1-5-16(18)14-25-21(30)15-7-9-17(10-8-15)26-20(29)13-19-22(31)27-23(32-19)28-11-3-4-12-28/h1-2,5-10,19H,3-4,11-14H2,(H,25,30)(H,26,29)/t19-/m1/s1. The van der Waals surface area contributed by atoms with E-state index in [0.29, 0.717) is 16.8 Å². The molecule has 2 N–H and O–H groups in total. The number of amidine groups is 1. The van der Waals surface area contributed by atoms with Gasteiger partial charge in [0, 0.05) is 42.9 Å². The second kappa shape index (κ2) is 9.95. The Morgan fingerprint density at radius 3 is 2.53 bits per heavy atom. The van der Waals surface area contributed by atoms with Crippen LogP contribution >= 0.6 is 11.8 Å². The number of halogens is 1. The fourth-order valence-electron chi connectivity index (χ4n) is 3.56. The van der Waals surface area contributed by atoms with Gasteiger partial charge < -0.3 is 15.5 Å². The summed E-state index contributed by atoms with van der Waals surface area (Å²) in [6.45, 7) is 1.88. The molecule has 1 saturated heterocycles.